The summed E-state index contributed by atoms with van der Waals surface area (Å²) in [4.78, 5) is 25.9. The zero-order chi connectivity index (χ0) is 16.2. The lowest BCUT2D eigenvalue weighted by Crippen LogP contribution is -2.38. The Morgan fingerprint density at radius 2 is 1.74 bits per heavy atom. The van der Waals surface area contributed by atoms with Gasteiger partial charge in [-0.25, -0.2) is 0 Å². The van der Waals surface area contributed by atoms with Crippen LogP contribution >= 0.6 is 0 Å². The molecule has 2 aromatic carbocycles. The summed E-state index contributed by atoms with van der Waals surface area (Å²) < 4.78 is 5.12. The second kappa shape index (κ2) is 6.75. The van der Waals surface area contributed by atoms with Crippen molar-refractivity contribution in [1.82, 2.24) is 4.90 Å². The predicted octanol–water partition coefficient (Wildman–Crippen LogP) is 2.78. The van der Waals surface area contributed by atoms with Crippen molar-refractivity contribution in [3.63, 3.8) is 0 Å². The fourth-order valence-electron chi connectivity index (χ4n) is 2.94. The van der Waals surface area contributed by atoms with Gasteiger partial charge in [-0.15, -0.1) is 0 Å². The molecule has 1 aliphatic rings. The van der Waals surface area contributed by atoms with E-state index in [1.165, 1.54) is 0 Å². The predicted molar refractivity (Wildman–Crippen MR) is 88.2 cm³/mol. The summed E-state index contributed by atoms with van der Waals surface area (Å²) >= 11 is 0. The number of carbonyl (C=O) groups excluding carboxylic acids is 2. The molecule has 118 valence electrons. The monoisotopic (exact) mass is 309 g/mol. The van der Waals surface area contributed by atoms with E-state index in [0.29, 0.717) is 18.6 Å². The fraction of sp³-hybridized carbons (Fsp3) is 0.263. The Kier molecular flexibility index (Phi) is 4.53. The average Bonchev–Trinajstić information content (AvgIpc) is 2.96. The van der Waals surface area contributed by atoms with E-state index in [1.54, 1.807) is 12.0 Å². The van der Waals surface area contributed by atoms with Crippen molar-refractivity contribution in [2.24, 2.45) is 0 Å². The number of benzene rings is 2. The summed E-state index contributed by atoms with van der Waals surface area (Å²) in [5.41, 5.74) is 2.77. The van der Waals surface area contributed by atoms with Gasteiger partial charge in [0.25, 0.3) is 5.91 Å². The topological polar surface area (TPSA) is 46.6 Å². The average molecular weight is 309 g/mol. The molecule has 0 radical (unpaired) electrons. The van der Waals surface area contributed by atoms with Gasteiger partial charge in [0.15, 0.2) is 5.78 Å². The van der Waals surface area contributed by atoms with Crippen LogP contribution in [0.1, 0.15) is 16.8 Å². The second-order valence-electron chi connectivity index (χ2n) is 5.73. The number of ketones is 1. The van der Waals surface area contributed by atoms with Crippen LogP contribution in [0.2, 0.25) is 0 Å². The lowest BCUT2D eigenvalue weighted by molar-refractivity contribution is -0.116. The van der Waals surface area contributed by atoms with Crippen LogP contribution in [0.15, 0.2) is 54.6 Å². The Bertz CT molecular complexity index is 694. The van der Waals surface area contributed by atoms with E-state index in [9.17, 15) is 9.59 Å². The number of rotatable bonds is 4. The van der Waals surface area contributed by atoms with E-state index in [2.05, 4.69) is 0 Å². The first-order chi connectivity index (χ1) is 11.2. The third-order valence-electron chi connectivity index (χ3n) is 4.11. The standard InChI is InChI=1S/C19H19NO3/c1-23-13-17-11-18(21)12-20(17)19(22)16-9-7-15(8-10-16)14-5-3-2-4-6-14/h2-10,17H,11-13H2,1H3/t17-/m0/s1. The van der Waals surface area contributed by atoms with Crippen molar-refractivity contribution in [1.29, 1.82) is 0 Å². The van der Waals surface area contributed by atoms with E-state index >= 15 is 0 Å². The molecule has 2 aromatic rings. The van der Waals surface area contributed by atoms with Crippen LogP contribution in [0.25, 0.3) is 11.1 Å². The van der Waals surface area contributed by atoms with Crippen molar-refractivity contribution in [2.75, 3.05) is 20.3 Å². The maximum atomic E-state index is 12.6. The van der Waals surface area contributed by atoms with Gasteiger partial charge in [0, 0.05) is 19.1 Å². The Labute approximate surface area is 135 Å². The molecule has 0 aromatic heterocycles. The minimum Gasteiger partial charge on any atom is -0.383 e. The summed E-state index contributed by atoms with van der Waals surface area (Å²) in [6.45, 7) is 0.562. The van der Waals surface area contributed by atoms with Crippen LogP contribution < -0.4 is 0 Å². The Morgan fingerprint density at radius 3 is 2.39 bits per heavy atom. The number of ether oxygens (including phenoxy) is 1. The Balaban J connectivity index is 1.79. The molecule has 1 saturated heterocycles. The SMILES string of the molecule is COC[C@@H]1CC(=O)CN1C(=O)c1ccc(-c2ccccc2)cc1. The third-order valence-corrected chi connectivity index (χ3v) is 4.11. The van der Waals surface area contributed by atoms with E-state index < -0.39 is 0 Å². The highest BCUT2D eigenvalue weighted by atomic mass is 16.5. The molecule has 3 rings (SSSR count). The molecule has 0 N–H and O–H groups in total. The number of hydrogen-bond donors (Lipinski definition) is 0. The van der Waals surface area contributed by atoms with E-state index in [1.807, 2.05) is 54.6 Å². The highest BCUT2D eigenvalue weighted by molar-refractivity contribution is 5.99. The van der Waals surface area contributed by atoms with Crippen molar-refractivity contribution in [3.8, 4) is 11.1 Å². The number of amides is 1. The van der Waals surface area contributed by atoms with E-state index in [4.69, 9.17) is 4.74 Å². The molecule has 0 unspecified atom stereocenters. The lowest BCUT2D eigenvalue weighted by Gasteiger charge is -2.23. The first kappa shape index (κ1) is 15.4. The number of carbonyl (C=O) groups is 2. The first-order valence-corrected chi connectivity index (χ1v) is 7.66. The molecule has 1 amide bonds. The van der Waals surface area contributed by atoms with Crippen LogP contribution in [-0.2, 0) is 9.53 Å². The van der Waals surface area contributed by atoms with Gasteiger partial charge in [0.05, 0.1) is 19.2 Å². The minimum atomic E-state index is -0.159. The molecule has 23 heavy (non-hydrogen) atoms. The van der Waals surface area contributed by atoms with E-state index in [-0.39, 0.29) is 24.3 Å². The summed E-state index contributed by atoms with van der Waals surface area (Å²) in [6, 6.07) is 17.4. The van der Waals surface area contributed by atoms with Crippen LogP contribution in [0.4, 0.5) is 0 Å². The number of nitrogens with zero attached hydrogens (tertiary/aromatic N) is 1. The maximum absolute atomic E-state index is 12.6. The molecule has 1 atom stereocenters. The largest absolute Gasteiger partial charge is 0.383 e. The zero-order valence-corrected chi connectivity index (χ0v) is 13.1. The van der Waals surface area contributed by atoms with Gasteiger partial charge in [-0.3, -0.25) is 9.59 Å². The van der Waals surface area contributed by atoms with Gasteiger partial charge < -0.3 is 9.64 Å². The lowest BCUT2D eigenvalue weighted by atomic mass is 10.0. The molecule has 0 saturated carbocycles. The highest BCUT2D eigenvalue weighted by Gasteiger charge is 2.34. The highest BCUT2D eigenvalue weighted by Crippen LogP contribution is 2.22. The zero-order valence-electron chi connectivity index (χ0n) is 13.1. The van der Waals surface area contributed by atoms with Gasteiger partial charge in [-0.1, -0.05) is 42.5 Å². The summed E-state index contributed by atoms with van der Waals surface area (Å²) in [5.74, 6) is -0.0289. The number of Topliss-reactive ketones (excluding diaryl/α,β-unsaturated/α-hetero) is 1. The Morgan fingerprint density at radius 1 is 1.09 bits per heavy atom. The normalized spacial score (nSPS) is 17.5. The third kappa shape index (κ3) is 3.32. The van der Waals surface area contributed by atoms with Crippen molar-refractivity contribution < 1.29 is 14.3 Å². The summed E-state index contributed by atoms with van der Waals surface area (Å²) in [7, 11) is 1.58. The molecule has 4 heteroatoms. The molecular weight excluding hydrogens is 290 g/mol. The van der Waals surface area contributed by atoms with Gasteiger partial charge in [-0.2, -0.15) is 0 Å². The maximum Gasteiger partial charge on any atom is 0.254 e. The molecule has 1 fully saturated rings. The molecule has 0 aliphatic carbocycles. The molecule has 1 heterocycles. The van der Waals surface area contributed by atoms with Crippen molar-refractivity contribution in [2.45, 2.75) is 12.5 Å². The van der Waals surface area contributed by atoms with Crippen LogP contribution in [0.3, 0.4) is 0 Å². The molecule has 1 aliphatic heterocycles. The van der Waals surface area contributed by atoms with Crippen LogP contribution in [-0.4, -0.2) is 42.9 Å². The van der Waals surface area contributed by atoms with Crippen LogP contribution in [0, 0.1) is 0 Å². The van der Waals surface area contributed by atoms with Gasteiger partial charge in [0.1, 0.15) is 0 Å². The molecule has 0 bridgehead atoms. The molecule has 0 spiro atoms. The summed E-state index contributed by atoms with van der Waals surface area (Å²) in [6.07, 6.45) is 0.377. The van der Waals surface area contributed by atoms with Gasteiger partial charge in [0.2, 0.25) is 0 Å². The first-order valence-electron chi connectivity index (χ1n) is 7.66. The molecule has 4 nitrogen and oxygen atoms in total. The van der Waals surface area contributed by atoms with Crippen LogP contribution in [0.5, 0.6) is 0 Å². The summed E-state index contributed by atoms with van der Waals surface area (Å²) in [5, 5.41) is 0. The van der Waals surface area contributed by atoms with Gasteiger partial charge >= 0.3 is 0 Å². The van der Waals surface area contributed by atoms with Crippen molar-refractivity contribution >= 4 is 11.7 Å². The number of likely N-dealkylation sites (tertiary alicyclic amines) is 1. The van der Waals surface area contributed by atoms with Gasteiger partial charge in [-0.05, 0) is 23.3 Å². The second-order valence-corrected chi connectivity index (χ2v) is 5.73. The van der Waals surface area contributed by atoms with Crippen molar-refractivity contribution in [3.05, 3.63) is 60.2 Å². The number of hydrogen-bond acceptors (Lipinski definition) is 3. The molecular formula is C19H19NO3. The number of methoxy groups -OCH3 is 1. The van der Waals surface area contributed by atoms with E-state index in [0.717, 1.165) is 11.1 Å². The minimum absolute atomic E-state index is 0.0845. The Hall–Kier alpha value is -2.46. The quantitative estimate of drug-likeness (QED) is 0.872. The fourth-order valence-corrected chi connectivity index (χ4v) is 2.94. The smallest absolute Gasteiger partial charge is 0.254 e.